The van der Waals surface area contributed by atoms with E-state index >= 15 is 0 Å². The maximum atomic E-state index is 5.73. The van der Waals surface area contributed by atoms with Crippen molar-refractivity contribution in [3.8, 4) is 0 Å². The molecule has 0 fully saturated rings. The Kier molecular flexibility index (Phi) is 2.89. The first-order valence-electron chi connectivity index (χ1n) is 3.85. The van der Waals surface area contributed by atoms with Crippen LogP contribution in [0.5, 0.6) is 0 Å². The standard InChI is InChI=1S/C9H12ClN/c1-3-7(2)8-4-5-11-9(10)6-8/h4-7H,3H2,1-2H3. The Bertz CT molecular complexity index is 235. The molecule has 0 aliphatic carbocycles. The Morgan fingerprint density at radius 1 is 1.64 bits per heavy atom. The van der Waals surface area contributed by atoms with Crippen molar-refractivity contribution in [2.24, 2.45) is 0 Å². The van der Waals surface area contributed by atoms with Crippen molar-refractivity contribution in [3.63, 3.8) is 0 Å². The van der Waals surface area contributed by atoms with Gasteiger partial charge in [-0.1, -0.05) is 25.4 Å². The summed E-state index contributed by atoms with van der Waals surface area (Å²) in [5, 5.41) is 0.586. The monoisotopic (exact) mass is 169 g/mol. The van der Waals surface area contributed by atoms with Gasteiger partial charge in [0.05, 0.1) is 0 Å². The van der Waals surface area contributed by atoms with E-state index < -0.39 is 0 Å². The average Bonchev–Trinajstić information content (AvgIpc) is 2.03. The molecule has 0 radical (unpaired) electrons. The van der Waals surface area contributed by atoms with Crippen LogP contribution in [0.25, 0.3) is 0 Å². The topological polar surface area (TPSA) is 12.9 Å². The number of aromatic nitrogens is 1. The van der Waals surface area contributed by atoms with Gasteiger partial charge in [-0.2, -0.15) is 0 Å². The van der Waals surface area contributed by atoms with E-state index in [-0.39, 0.29) is 0 Å². The van der Waals surface area contributed by atoms with E-state index in [1.165, 1.54) is 5.56 Å². The number of hydrogen-bond acceptors (Lipinski definition) is 1. The summed E-state index contributed by atoms with van der Waals surface area (Å²) in [5.41, 5.74) is 1.27. The maximum absolute atomic E-state index is 5.73. The molecule has 0 amide bonds. The van der Waals surface area contributed by atoms with Gasteiger partial charge in [0.1, 0.15) is 5.15 Å². The lowest BCUT2D eigenvalue weighted by molar-refractivity contribution is 0.732. The van der Waals surface area contributed by atoms with Crippen molar-refractivity contribution in [2.45, 2.75) is 26.2 Å². The normalized spacial score (nSPS) is 13.0. The van der Waals surface area contributed by atoms with Gasteiger partial charge in [0, 0.05) is 6.20 Å². The molecule has 1 aromatic heterocycles. The van der Waals surface area contributed by atoms with Gasteiger partial charge in [0.15, 0.2) is 0 Å². The van der Waals surface area contributed by atoms with Crippen LogP contribution in [-0.4, -0.2) is 4.98 Å². The summed E-state index contributed by atoms with van der Waals surface area (Å²) in [6.45, 7) is 4.35. The highest BCUT2D eigenvalue weighted by Gasteiger charge is 2.02. The third-order valence-electron chi connectivity index (χ3n) is 1.93. The van der Waals surface area contributed by atoms with Crippen LogP contribution in [0.3, 0.4) is 0 Å². The van der Waals surface area contributed by atoms with E-state index in [0.29, 0.717) is 11.1 Å². The Morgan fingerprint density at radius 3 is 2.91 bits per heavy atom. The highest BCUT2D eigenvalue weighted by molar-refractivity contribution is 6.29. The first-order chi connectivity index (χ1) is 5.24. The average molecular weight is 170 g/mol. The highest BCUT2D eigenvalue weighted by Crippen LogP contribution is 2.19. The van der Waals surface area contributed by atoms with E-state index in [1.54, 1.807) is 6.20 Å². The van der Waals surface area contributed by atoms with Crippen LogP contribution < -0.4 is 0 Å². The van der Waals surface area contributed by atoms with Crippen LogP contribution >= 0.6 is 11.6 Å². The molecule has 1 aromatic rings. The zero-order valence-corrected chi connectivity index (χ0v) is 7.60. The number of halogens is 1. The molecule has 1 rings (SSSR count). The molecular formula is C9H12ClN. The molecule has 2 heteroatoms. The third-order valence-corrected chi connectivity index (χ3v) is 2.14. The summed E-state index contributed by atoms with van der Waals surface area (Å²) in [6, 6.07) is 3.94. The number of rotatable bonds is 2. The second kappa shape index (κ2) is 3.72. The molecule has 0 saturated heterocycles. The van der Waals surface area contributed by atoms with E-state index in [0.717, 1.165) is 6.42 Å². The van der Waals surface area contributed by atoms with E-state index in [4.69, 9.17) is 11.6 Å². The summed E-state index contributed by atoms with van der Waals surface area (Å²) in [6.07, 6.45) is 2.89. The predicted octanol–water partition coefficient (Wildman–Crippen LogP) is 3.25. The fraction of sp³-hybridized carbons (Fsp3) is 0.444. The molecule has 1 unspecified atom stereocenters. The molecule has 0 bridgehead atoms. The second-order valence-corrected chi connectivity index (χ2v) is 3.11. The van der Waals surface area contributed by atoms with Crippen LogP contribution in [-0.2, 0) is 0 Å². The fourth-order valence-electron chi connectivity index (χ4n) is 0.960. The first kappa shape index (κ1) is 8.54. The molecule has 0 aromatic carbocycles. The lowest BCUT2D eigenvalue weighted by Gasteiger charge is -2.07. The van der Waals surface area contributed by atoms with Crippen molar-refractivity contribution in [3.05, 3.63) is 29.0 Å². The maximum Gasteiger partial charge on any atom is 0.129 e. The first-order valence-corrected chi connectivity index (χ1v) is 4.23. The molecule has 11 heavy (non-hydrogen) atoms. The fourth-order valence-corrected chi connectivity index (χ4v) is 1.14. The molecule has 1 heterocycles. The molecule has 0 aliphatic heterocycles. The summed E-state index contributed by atoms with van der Waals surface area (Å²) >= 11 is 5.73. The molecule has 0 N–H and O–H groups in total. The van der Waals surface area contributed by atoms with Gasteiger partial charge in [-0.05, 0) is 30.0 Å². The molecule has 0 aliphatic rings. The predicted molar refractivity (Wildman–Crippen MR) is 48.0 cm³/mol. The quantitative estimate of drug-likeness (QED) is 0.620. The minimum absolute atomic E-state index is 0.579. The molecule has 0 spiro atoms. The lowest BCUT2D eigenvalue weighted by atomic mass is 10.0. The zero-order valence-electron chi connectivity index (χ0n) is 6.84. The van der Waals surface area contributed by atoms with Gasteiger partial charge >= 0.3 is 0 Å². The molecule has 60 valence electrons. The van der Waals surface area contributed by atoms with Crippen molar-refractivity contribution < 1.29 is 0 Å². The van der Waals surface area contributed by atoms with Crippen molar-refractivity contribution in [1.82, 2.24) is 4.98 Å². The Morgan fingerprint density at radius 2 is 2.36 bits per heavy atom. The molecule has 1 nitrogen and oxygen atoms in total. The van der Waals surface area contributed by atoms with Crippen LogP contribution in [0, 0.1) is 0 Å². The Hall–Kier alpha value is -0.560. The van der Waals surface area contributed by atoms with Crippen LogP contribution in [0.2, 0.25) is 5.15 Å². The van der Waals surface area contributed by atoms with E-state index in [2.05, 4.69) is 18.8 Å². The zero-order chi connectivity index (χ0) is 8.27. The van der Waals surface area contributed by atoms with Gasteiger partial charge in [-0.3, -0.25) is 0 Å². The minimum Gasteiger partial charge on any atom is -0.245 e. The number of nitrogens with zero attached hydrogens (tertiary/aromatic N) is 1. The second-order valence-electron chi connectivity index (χ2n) is 2.72. The van der Waals surface area contributed by atoms with E-state index in [1.807, 2.05) is 12.1 Å². The van der Waals surface area contributed by atoms with Crippen molar-refractivity contribution in [2.75, 3.05) is 0 Å². The summed E-state index contributed by atoms with van der Waals surface area (Å²) in [4.78, 5) is 3.92. The highest BCUT2D eigenvalue weighted by atomic mass is 35.5. The van der Waals surface area contributed by atoms with Crippen LogP contribution in [0.1, 0.15) is 31.7 Å². The molecular weight excluding hydrogens is 158 g/mol. The Balaban J connectivity index is 2.86. The van der Waals surface area contributed by atoms with E-state index in [9.17, 15) is 0 Å². The Labute approximate surface area is 72.4 Å². The number of hydrogen-bond donors (Lipinski definition) is 0. The van der Waals surface area contributed by atoms with Gasteiger partial charge in [0.2, 0.25) is 0 Å². The largest absolute Gasteiger partial charge is 0.245 e. The van der Waals surface area contributed by atoms with Crippen molar-refractivity contribution >= 4 is 11.6 Å². The van der Waals surface area contributed by atoms with Gasteiger partial charge < -0.3 is 0 Å². The number of pyridine rings is 1. The minimum atomic E-state index is 0.579. The SMILES string of the molecule is CCC(C)c1ccnc(Cl)c1. The lowest BCUT2D eigenvalue weighted by Crippen LogP contribution is -1.91. The van der Waals surface area contributed by atoms with Gasteiger partial charge in [-0.15, -0.1) is 0 Å². The summed E-state index contributed by atoms with van der Waals surface area (Å²) < 4.78 is 0. The van der Waals surface area contributed by atoms with Crippen LogP contribution in [0.4, 0.5) is 0 Å². The summed E-state index contributed by atoms with van der Waals surface area (Å²) in [5.74, 6) is 0.579. The molecule has 0 saturated carbocycles. The summed E-state index contributed by atoms with van der Waals surface area (Å²) in [7, 11) is 0. The van der Waals surface area contributed by atoms with Crippen LogP contribution in [0.15, 0.2) is 18.3 Å². The molecule has 1 atom stereocenters. The third kappa shape index (κ3) is 2.19. The van der Waals surface area contributed by atoms with Gasteiger partial charge in [-0.25, -0.2) is 4.98 Å². The smallest absolute Gasteiger partial charge is 0.129 e. The van der Waals surface area contributed by atoms with Crippen molar-refractivity contribution in [1.29, 1.82) is 0 Å². The van der Waals surface area contributed by atoms with Gasteiger partial charge in [0.25, 0.3) is 0 Å².